The van der Waals surface area contributed by atoms with Gasteiger partial charge in [0.15, 0.2) is 11.7 Å². The molecule has 1 amide bonds. The Kier molecular flexibility index (Phi) is 7.29. The van der Waals surface area contributed by atoms with Crippen molar-refractivity contribution in [2.45, 2.75) is 33.2 Å². The van der Waals surface area contributed by atoms with E-state index in [2.05, 4.69) is 15.9 Å². The fourth-order valence-corrected chi connectivity index (χ4v) is 3.55. The summed E-state index contributed by atoms with van der Waals surface area (Å²) in [4.78, 5) is 51.6. The lowest BCUT2D eigenvalue weighted by atomic mass is 9.85. The van der Waals surface area contributed by atoms with Gasteiger partial charge in [-0.1, -0.05) is 48.3 Å². The summed E-state index contributed by atoms with van der Waals surface area (Å²) in [5, 5.41) is 0. The second-order valence-electron chi connectivity index (χ2n) is 6.95. The highest BCUT2D eigenvalue weighted by Crippen LogP contribution is 2.28. The van der Waals surface area contributed by atoms with Crippen LogP contribution in [0.2, 0.25) is 0 Å². The van der Waals surface area contributed by atoms with E-state index in [-0.39, 0.29) is 12.5 Å². The van der Waals surface area contributed by atoms with Crippen LogP contribution in [-0.2, 0) is 23.9 Å². The van der Waals surface area contributed by atoms with Crippen LogP contribution in [0.1, 0.15) is 32.8 Å². The molecule has 1 heterocycles. The van der Waals surface area contributed by atoms with Crippen molar-refractivity contribution in [2.75, 3.05) is 13.7 Å². The lowest BCUT2D eigenvalue weighted by Crippen LogP contribution is -2.57. The van der Waals surface area contributed by atoms with E-state index in [0.29, 0.717) is 12.0 Å². The van der Waals surface area contributed by atoms with Crippen molar-refractivity contribution in [1.29, 1.82) is 0 Å². The Balaban J connectivity index is 2.52. The lowest BCUT2D eigenvalue weighted by molar-refractivity contribution is -0.160. The van der Waals surface area contributed by atoms with Crippen molar-refractivity contribution in [3.05, 3.63) is 39.9 Å². The van der Waals surface area contributed by atoms with Crippen LogP contribution in [0.4, 0.5) is 0 Å². The fraction of sp³-hybridized carbons (Fsp3) is 0.429. The minimum Gasteiger partial charge on any atom is -0.467 e. The predicted molar refractivity (Wildman–Crippen MR) is 108 cm³/mol. The van der Waals surface area contributed by atoms with Crippen LogP contribution in [0.15, 0.2) is 34.3 Å². The fourth-order valence-electron chi connectivity index (χ4n) is 3.28. The van der Waals surface area contributed by atoms with E-state index in [1.165, 1.54) is 18.9 Å². The maximum Gasteiger partial charge on any atom is 0.328 e. The zero-order chi connectivity index (χ0) is 21.0. The number of nitrogens with zero attached hydrogens (tertiary/aromatic N) is 1. The summed E-state index contributed by atoms with van der Waals surface area (Å²) in [7, 11) is 1.26. The monoisotopic (exact) mass is 449 g/mol. The topological polar surface area (TPSA) is 80.8 Å². The standard InChI is InChI=1S/C21H24BrNO5/c1-5-12(2)18(21(27)28-4)23-11-15(10-14-6-8-16(22)9-7-14)19(25)17(13(3)24)20(23)26/h6-10,12,17-18H,5,11H2,1-4H3/b15-10-. The molecule has 2 rings (SSSR count). The third-order valence-electron chi connectivity index (χ3n) is 5.03. The summed E-state index contributed by atoms with van der Waals surface area (Å²) in [6.45, 7) is 4.92. The molecule has 1 saturated heterocycles. The quantitative estimate of drug-likeness (QED) is 0.378. The molecule has 0 N–H and O–H groups in total. The highest BCUT2D eigenvalue weighted by Gasteiger charge is 2.46. The van der Waals surface area contributed by atoms with Gasteiger partial charge in [-0.2, -0.15) is 0 Å². The molecular weight excluding hydrogens is 426 g/mol. The van der Waals surface area contributed by atoms with Crippen LogP contribution in [-0.4, -0.2) is 48.0 Å². The molecular formula is C21H24BrNO5. The molecule has 1 aliphatic rings. The molecule has 28 heavy (non-hydrogen) atoms. The number of rotatable bonds is 6. The summed E-state index contributed by atoms with van der Waals surface area (Å²) in [6, 6.07) is 6.45. The van der Waals surface area contributed by atoms with E-state index >= 15 is 0 Å². The van der Waals surface area contributed by atoms with Gasteiger partial charge in [-0.15, -0.1) is 0 Å². The van der Waals surface area contributed by atoms with Gasteiger partial charge in [-0.05, 0) is 36.6 Å². The number of benzene rings is 1. The molecule has 3 unspecified atom stereocenters. The Morgan fingerprint density at radius 2 is 1.89 bits per heavy atom. The highest BCUT2D eigenvalue weighted by molar-refractivity contribution is 9.10. The third kappa shape index (κ3) is 4.58. The number of carbonyl (C=O) groups excluding carboxylic acids is 4. The van der Waals surface area contributed by atoms with Gasteiger partial charge in [0.2, 0.25) is 5.91 Å². The van der Waals surface area contributed by atoms with E-state index in [1.54, 1.807) is 6.08 Å². The maximum absolute atomic E-state index is 12.9. The number of carbonyl (C=O) groups is 4. The van der Waals surface area contributed by atoms with Crippen LogP contribution in [0.5, 0.6) is 0 Å². The molecule has 150 valence electrons. The summed E-state index contributed by atoms with van der Waals surface area (Å²) < 4.78 is 5.79. The van der Waals surface area contributed by atoms with Gasteiger partial charge in [-0.25, -0.2) is 4.79 Å². The number of Topliss-reactive ketones (excluding diaryl/α,β-unsaturated/α-hetero) is 2. The molecule has 6 nitrogen and oxygen atoms in total. The Labute approximate surface area is 173 Å². The lowest BCUT2D eigenvalue weighted by Gasteiger charge is -2.38. The third-order valence-corrected chi connectivity index (χ3v) is 5.56. The molecule has 0 spiro atoms. The van der Waals surface area contributed by atoms with Crippen molar-refractivity contribution in [3.63, 3.8) is 0 Å². The average Bonchev–Trinajstić information content (AvgIpc) is 2.66. The van der Waals surface area contributed by atoms with Crippen molar-refractivity contribution in [1.82, 2.24) is 4.90 Å². The van der Waals surface area contributed by atoms with E-state index < -0.39 is 35.4 Å². The number of hydrogen-bond acceptors (Lipinski definition) is 5. The van der Waals surface area contributed by atoms with Crippen molar-refractivity contribution in [3.8, 4) is 0 Å². The average molecular weight is 450 g/mol. The first-order valence-corrected chi connectivity index (χ1v) is 9.89. The number of esters is 1. The Hall–Kier alpha value is -2.28. The summed E-state index contributed by atoms with van der Waals surface area (Å²) in [5.41, 5.74) is 1.08. The van der Waals surface area contributed by atoms with Crippen LogP contribution < -0.4 is 0 Å². The number of amides is 1. The molecule has 0 radical (unpaired) electrons. The molecule has 1 aliphatic heterocycles. The Morgan fingerprint density at radius 1 is 1.29 bits per heavy atom. The number of ether oxygens (including phenoxy) is 1. The zero-order valence-corrected chi connectivity index (χ0v) is 18.0. The van der Waals surface area contributed by atoms with Gasteiger partial charge in [0.05, 0.1) is 13.7 Å². The normalized spacial score (nSPS) is 20.8. The highest BCUT2D eigenvalue weighted by atomic mass is 79.9. The maximum atomic E-state index is 12.9. The molecule has 3 atom stereocenters. The second kappa shape index (κ2) is 9.28. The summed E-state index contributed by atoms with van der Waals surface area (Å²) in [6.07, 6.45) is 2.29. The number of halogens is 1. The minimum atomic E-state index is -1.42. The van der Waals surface area contributed by atoms with E-state index in [4.69, 9.17) is 4.74 Å². The van der Waals surface area contributed by atoms with Crippen molar-refractivity contribution < 1.29 is 23.9 Å². The van der Waals surface area contributed by atoms with Crippen LogP contribution in [0.3, 0.4) is 0 Å². The van der Waals surface area contributed by atoms with Gasteiger partial charge in [-0.3, -0.25) is 14.4 Å². The smallest absolute Gasteiger partial charge is 0.328 e. The largest absolute Gasteiger partial charge is 0.467 e. The molecule has 1 aromatic rings. The van der Waals surface area contributed by atoms with Gasteiger partial charge in [0.25, 0.3) is 0 Å². The number of likely N-dealkylation sites (tertiary alicyclic amines) is 1. The molecule has 0 saturated carbocycles. The molecule has 0 aliphatic carbocycles. The minimum absolute atomic E-state index is 0.0401. The molecule has 0 bridgehead atoms. The van der Waals surface area contributed by atoms with E-state index in [9.17, 15) is 19.2 Å². The van der Waals surface area contributed by atoms with Gasteiger partial charge in [0, 0.05) is 10.0 Å². The predicted octanol–water partition coefficient (Wildman–Crippen LogP) is 3.04. The SMILES string of the molecule is CCC(C)C(C(=O)OC)N1C/C(=C/c2ccc(Br)cc2)C(=O)C(C(C)=O)C1=O. The van der Waals surface area contributed by atoms with E-state index in [0.717, 1.165) is 10.0 Å². The van der Waals surface area contributed by atoms with Gasteiger partial charge in [0.1, 0.15) is 11.8 Å². The number of ketones is 2. The van der Waals surface area contributed by atoms with Crippen LogP contribution >= 0.6 is 15.9 Å². The Morgan fingerprint density at radius 3 is 2.39 bits per heavy atom. The number of piperidine rings is 1. The van der Waals surface area contributed by atoms with E-state index in [1.807, 2.05) is 38.1 Å². The first kappa shape index (κ1) is 22.0. The first-order chi connectivity index (χ1) is 13.2. The molecule has 7 heteroatoms. The number of methoxy groups -OCH3 is 1. The Bertz CT molecular complexity index is 815. The first-order valence-electron chi connectivity index (χ1n) is 9.10. The second-order valence-corrected chi connectivity index (χ2v) is 7.86. The molecule has 1 aromatic carbocycles. The summed E-state index contributed by atoms with van der Waals surface area (Å²) in [5.74, 6) is -3.85. The summed E-state index contributed by atoms with van der Waals surface area (Å²) >= 11 is 3.36. The van der Waals surface area contributed by atoms with Crippen molar-refractivity contribution >= 4 is 45.4 Å². The molecule has 0 aromatic heterocycles. The van der Waals surface area contributed by atoms with Gasteiger partial charge >= 0.3 is 5.97 Å². The van der Waals surface area contributed by atoms with Crippen molar-refractivity contribution in [2.24, 2.45) is 11.8 Å². The van der Waals surface area contributed by atoms with Crippen LogP contribution in [0.25, 0.3) is 6.08 Å². The zero-order valence-electron chi connectivity index (χ0n) is 16.4. The molecule has 1 fully saturated rings. The number of hydrogen-bond donors (Lipinski definition) is 0. The van der Waals surface area contributed by atoms with Crippen LogP contribution in [0, 0.1) is 11.8 Å². The van der Waals surface area contributed by atoms with Gasteiger partial charge < -0.3 is 9.64 Å².